The molecule has 0 aliphatic rings. The number of sulfonamides is 1. The zero-order valence-corrected chi connectivity index (χ0v) is 21.1. The number of para-hydroxylation sites is 1. The summed E-state index contributed by atoms with van der Waals surface area (Å²) in [5.41, 5.74) is -0.685. The normalized spacial score (nSPS) is 13.3. The molecule has 11 heteroatoms. The molecule has 0 heterocycles. The van der Waals surface area contributed by atoms with Crippen molar-refractivity contribution in [3.05, 3.63) is 58.6 Å². The van der Waals surface area contributed by atoms with Crippen LogP contribution >= 0.6 is 11.6 Å². The summed E-state index contributed by atoms with van der Waals surface area (Å²) in [6.45, 7) is 7.59. The monoisotopic (exact) mass is 520 g/mol. The SMILES string of the molecule is C[C@H](C(=O)NCCOc1ccccc1C(C)(C)C)N(c1ccc(Cl)c(C(F)(F)F)c1)S(C)(=O)=O. The molecular weight excluding hydrogens is 493 g/mol. The number of carbonyl (C=O) groups is 1. The van der Waals surface area contributed by atoms with E-state index in [1.165, 1.54) is 6.92 Å². The number of halogens is 4. The molecule has 1 atom stereocenters. The number of rotatable bonds is 8. The van der Waals surface area contributed by atoms with E-state index in [0.717, 1.165) is 24.0 Å². The number of nitrogens with zero attached hydrogens (tertiary/aromatic N) is 1. The maximum Gasteiger partial charge on any atom is 0.417 e. The van der Waals surface area contributed by atoms with Crippen LogP contribution in [0.1, 0.15) is 38.8 Å². The number of alkyl halides is 3. The molecular formula is C23H28ClF3N2O4S. The molecule has 0 saturated carbocycles. The van der Waals surface area contributed by atoms with Crippen LogP contribution in [0.2, 0.25) is 5.02 Å². The molecule has 188 valence electrons. The zero-order chi connectivity index (χ0) is 25.9. The fourth-order valence-corrected chi connectivity index (χ4v) is 4.76. The van der Waals surface area contributed by atoms with Crippen LogP contribution in [0, 0.1) is 0 Å². The highest BCUT2D eigenvalue weighted by atomic mass is 35.5. The maximum atomic E-state index is 13.3. The van der Waals surface area contributed by atoms with E-state index < -0.39 is 38.7 Å². The second-order valence-electron chi connectivity index (χ2n) is 8.78. The molecule has 0 spiro atoms. The molecule has 0 bridgehead atoms. The number of ether oxygens (including phenoxy) is 1. The minimum absolute atomic E-state index is 0.0632. The Morgan fingerprint density at radius 2 is 1.74 bits per heavy atom. The lowest BCUT2D eigenvalue weighted by Crippen LogP contribution is -2.48. The van der Waals surface area contributed by atoms with Crippen molar-refractivity contribution in [2.75, 3.05) is 23.7 Å². The highest BCUT2D eigenvalue weighted by Crippen LogP contribution is 2.37. The van der Waals surface area contributed by atoms with E-state index in [4.69, 9.17) is 16.3 Å². The fourth-order valence-electron chi connectivity index (χ4n) is 3.37. The Kier molecular flexibility index (Phi) is 8.53. The molecule has 1 amide bonds. The molecule has 0 aliphatic carbocycles. The third kappa shape index (κ3) is 7.02. The topological polar surface area (TPSA) is 75.7 Å². The quantitative estimate of drug-likeness (QED) is 0.497. The van der Waals surface area contributed by atoms with Gasteiger partial charge in [0.1, 0.15) is 18.4 Å². The Bertz CT molecular complexity index is 1130. The van der Waals surface area contributed by atoms with Crippen LogP contribution < -0.4 is 14.4 Å². The van der Waals surface area contributed by atoms with Crippen LogP contribution in [0.3, 0.4) is 0 Å². The van der Waals surface area contributed by atoms with Gasteiger partial charge in [0.25, 0.3) is 0 Å². The van der Waals surface area contributed by atoms with Gasteiger partial charge in [0.15, 0.2) is 0 Å². The van der Waals surface area contributed by atoms with E-state index in [-0.39, 0.29) is 24.3 Å². The minimum Gasteiger partial charge on any atom is -0.491 e. The van der Waals surface area contributed by atoms with E-state index in [1.807, 2.05) is 45.0 Å². The molecule has 0 radical (unpaired) electrons. The van der Waals surface area contributed by atoms with E-state index in [0.29, 0.717) is 16.1 Å². The van der Waals surface area contributed by atoms with Crippen molar-refractivity contribution in [3.63, 3.8) is 0 Å². The zero-order valence-electron chi connectivity index (χ0n) is 19.5. The summed E-state index contributed by atoms with van der Waals surface area (Å²) >= 11 is 5.63. The fraction of sp³-hybridized carbons (Fsp3) is 0.435. The lowest BCUT2D eigenvalue weighted by molar-refractivity contribution is -0.137. The van der Waals surface area contributed by atoms with E-state index in [2.05, 4.69) is 5.32 Å². The van der Waals surface area contributed by atoms with Crippen molar-refractivity contribution in [1.29, 1.82) is 0 Å². The third-order valence-corrected chi connectivity index (χ3v) is 6.52. The van der Waals surface area contributed by atoms with Gasteiger partial charge < -0.3 is 10.1 Å². The van der Waals surface area contributed by atoms with Gasteiger partial charge in [-0.15, -0.1) is 0 Å². The van der Waals surface area contributed by atoms with Crippen molar-refractivity contribution in [2.24, 2.45) is 0 Å². The van der Waals surface area contributed by atoms with Gasteiger partial charge in [0.05, 0.1) is 29.1 Å². The Labute approximate surface area is 203 Å². The van der Waals surface area contributed by atoms with Gasteiger partial charge >= 0.3 is 6.18 Å². The molecule has 6 nitrogen and oxygen atoms in total. The first-order valence-corrected chi connectivity index (χ1v) is 12.6. The first-order valence-electron chi connectivity index (χ1n) is 10.4. The smallest absolute Gasteiger partial charge is 0.417 e. The van der Waals surface area contributed by atoms with Crippen LogP contribution in [0.5, 0.6) is 5.75 Å². The average Bonchev–Trinajstić information content (AvgIpc) is 2.70. The second-order valence-corrected chi connectivity index (χ2v) is 11.0. The second kappa shape index (κ2) is 10.4. The number of nitrogens with one attached hydrogen (secondary N) is 1. The van der Waals surface area contributed by atoms with Crippen molar-refractivity contribution in [1.82, 2.24) is 5.32 Å². The molecule has 34 heavy (non-hydrogen) atoms. The third-order valence-electron chi connectivity index (χ3n) is 4.95. The average molecular weight is 521 g/mol. The van der Waals surface area contributed by atoms with E-state index >= 15 is 0 Å². The molecule has 1 N–H and O–H groups in total. The van der Waals surface area contributed by atoms with Gasteiger partial charge in [-0.05, 0) is 42.2 Å². The molecule has 2 aromatic rings. The number of benzene rings is 2. The molecule has 0 fully saturated rings. The summed E-state index contributed by atoms with van der Waals surface area (Å²) in [7, 11) is -4.10. The van der Waals surface area contributed by atoms with Gasteiger partial charge in [-0.3, -0.25) is 9.10 Å². The number of hydrogen-bond acceptors (Lipinski definition) is 4. The predicted molar refractivity (Wildman–Crippen MR) is 127 cm³/mol. The molecule has 2 aromatic carbocycles. The predicted octanol–water partition coefficient (Wildman–Crippen LogP) is 5.01. The Balaban J connectivity index is 2.14. The van der Waals surface area contributed by atoms with Crippen LogP contribution in [0.25, 0.3) is 0 Å². The van der Waals surface area contributed by atoms with Crippen LogP contribution in [-0.4, -0.2) is 39.8 Å². The van der Waals surface area contributed by atoms with Crippen molar-refractivity contribution < 1.29 is 31.1 Å². The maximum absolute atomic E-state index is 13.3. The number of carbonyl (C=O) groups excluding carboxylic acids is 1. The van der Waals surface area contributed by atoms with Crippen molar-refractivity contribution in [2.45, 2.75) is 45.3 Å². The van der Waals surface area contributed by atoms with E-state index in [9.17, 15) is 26.4 Å². The summed E-state index contributed by atoms with van der Waals surface area (Å²) in [6, 6.07) is 8.85. The van der Waals surface area contributed by atoms with Gasteiger partial charge in [0.2, 0.25) is 15.9 Å². The lowest BCUT2D eigenvalue weighted by atomic mass is 9.86. The Morgan fingerprint density at radius 3 is 2.29 bits per heavy atom. The highest BCUT2D eigenvalue weighted by molar-refractivity contribution is 7.92. The Morgan fingerprint density at radius 1 is 1.12 bits per heavy atom. The van der Waals surface area contributed by atoms with E-state index in [1.54, 1.807) is 0 Å². The molecule has 0 aromatic heterocycles. The minimum atomic E-state index is -4.79. The van der Waals surface area contributed by atoms with Crippen molar-refractivity contribution >= 4 is 33.2 Å². The summed E-state index contributed by atoms with van der Waals surface area (Å²) in [4.78, 5) is 12.7. The molecule has 0 aliphatic heterocycles. The van der Waals surface area contributed by atoms with Gasteiger partial charge in [-0.1, -0.05) is 50.6 Å². The lowest BCUT2D eigenvalue weighted by Gasteiger charge is -2.29. The Hall–Kier alpha value is -2.46. The summed E-state index contributed by atoms with van der Waals surface area (Å²) in [5.74, 6) is -0.0301. The van der Waals surface area contributed by atoms with Crippen LogP contribution in [0.15, 0.2) is 42.5 Å². The van der Waals surface area contributed by atoms with Gasteiger partial charge in [0, 0.05) is 0 Å². The highest BCUT2D eigenvalue weighted by Gasteiger charge is 2.36. The number of amides is 1. The largest absolute Gasteiger partial charge is 0.491 e. The van der Waals surface area contributed by atoms with Crippen LogP contribution in [-0.2, 0) is 26.4 Å². The van der Waals surface area contributed by atoms with Gasteiger partial charge in [-0.2, -0.15) is 13.2 Å². The summed E-state index contributed by atoms with van der Waals surface area (Å²) < 4.78 is 70.9. The molecule has 0 unspecified atom stereocenters. The molecule has 2 rings (SSSR count). The standard InChI is InChI=1S/C23H28ClF3N2O4S/c1-15(21(30)28-12-13-33-20-9-7-6-8-17(20)22(2,3)4)29(34(5,31)32)16-10-11-19(24)18(14-16)23(25,26)27/h6-11,14-15H,12-13H2,1-5H3,(H,28,30)/t15-/m1/s1. The molecule has 0 saturated heterocycles. The number of hydrogen-bond donors (Lipinski definition) is 1. The first kappa shape index (κ1) is 27.8. The first-order chi connectivity index (χ1) is 15.5. The van der Waals surface area contributed by atoms with Crippen molar-refractivity contribution in [3.8, 4) is 5.75 Å². The summed E-state index contributed by atoms with van der Waals surface area (Å²) in [5, 5.41) is 2.00. The van der Waals surface area contributed by atoms with Gasteiger partial charge in [-0.25, -0.2) is 8.42 Å². The number of anilines is 1. The summed E-state index contributed by atoms with van der Waals surface area (Å²) in [6.07, 6.45) is -3.98. The van der Waals surface area contributed by atoms with Crippen LogP contribution in [0.4, 0.5) is 18.9 Å².